The van der Waals surface area contributed by atoms with Crippen LogP contribution in [-0.4, -0.2) is 38.5 Å². The summed E-state index contributed by atoms with van der Waals surface area (Å²) in [5, 5.41) is 8.75. The van der Waals surface area contributed by atoms with E-state index in [1.165, 1.54) is 14.0 Å². The van der Waals surface area contributed by atoms with Gasteiger partial charge in [-0.05, 0) is 25.1 Å². The Labute approximate surface area is 104 Å². The lowest BCUT2D eigenvalue weighted by molar-refractivity contribution is 0.0696. The number of aromatic carboxylic acids is 1. The summed E-state index contributed by atoms with van der Waals surface area (Å²) in [6, 6.07) is 2.65. The van der Waals surface area contributed by atoms with E-state index in [-0.39, 0.29) is 5.56 Å². The van der Waals surface area contributed by atoms with Crippen LogP contribution < -0.4 is 0 Å². The molecule has 0 saturated carbocycles. The molecule has 1 aromatic rings. The first-order valence-electron chi connectivity index (χ1n) is 5.06. The van der Waals surface area contributed by atoms with Gasteiger partial charge in [-0.3, -0.25) is 0 Å². The summed E-state index contributed by atoms with van der Waals surface area (Å²) in [6.45, 7) is 1.52. The molecule has 18 heavy (non-hydrogen) atoms. The second kappa shape index (κ2) is 5.45. The minimum absolute atomic E-state index is 0.278. The van der Waals surface area contributed by atoms with Crippen LogP contribution in [0.15, 0.2) is 23.1 Å². The van der Waals surface area contributed by atoms with E-state index in [0.717, 1.165) is 18.2 Å². The van der Waals surface area contributed by atoms with E-state index >= 15 is 0 Å². The van der Waals surface area contributed by atoms with E-state index < -0.39 is 38.4 Å². The van der Waals surface area contributed by atoms with E-state index in [2.05, 4.69) is 0 Å². The van der Waals surface area contributed by atoms with Crippen molar-refractivity contribution in [2.24, 2.45) is 0 Å². The quantitative estimate of drug-likeness (QED) is 0.877. The second-order valence-electron chi connectivity index (χ2n) is 3.78. The van der Waals surface area contributed by atoms with Crippen molar-refractivity contribution in [1.82, 2.24) is 0 Å². The summed E-state index contributed by atoms with van der Waals surface area (Å²) in [7, 11) is -2.58. The van der Waals surface area contributed by atoms with Gasteiger partial charge >= 0.3 is 5.97 Å². The molecule has 1 unspecified atom stereocenters. The molecule has 5 nitrogen and oxygen atoms in total. The predicted octanol–water partition coefficient (Wildman–Crippen LogP) is 1.33. The Morgan fingerprint density at radius 2 is 2.11 bits per heavy atom. The van der Waals surface area contributed by atoms with Crippen molar-refractivity contribution in [1.29, 1.82) is 0 Å². The van der Waals surface area contributed by atoms with Gasteiger partial charge in [0.2, 0.25) is 0 Å². The number of hydrogen-bond acceptors (Lipinski definition) is 4. The number of benzene rings is 1. The van der Waals surface area contributed by atoms with E-state index in [0.29, 0.717) is 0 Å². The van der Waals surface area contributed by atoms with Crippen LogP contribution >= 0.6 is 0 Å². The largest absolute Gasteiger partial charge is 0.478 e. The van der Waals surface area contributed by atoms with Gasteiger partial charge in [0, 0.05) is 7.11 Å². The molecule has 1 atom stereocenters. The summed E-state index contributed by atoms with van der Waals surface area (Å²) >= 11 is 0. The Balaban J connectivity index is 3.23. The summed E-state index contributed by atoms with van der Waals surface area (Å²) in [5.74, 6) is -2.70. The standard InChI is InChI=1S/C11H13FO5S/c1-7(17-2)6-18(15,16)10-5-8(11(13)14)3-4-9(10)12/h3-5,7H,6H2,1-2H3,(H,13,14). The van der Waals surface area contributed by atoms with Gasteiger partial charge in [0.05, 0.1) is 17.4 Å². The molecule has 7 heteroatoms. The molecule has 0 heterocycles. The number of rotatable bonds is 5. The van der Waals surface area contributed by atoms with Gasteiger partial charge in [-0.25, -0.2) is 17.6 Å². The second-order valence-corrected chi connectivity index (χ2v) is 5.78. The summed E-state index contributed by atoms with van der Waals surface area (Å²) in [6.07, 6.45) is -0.608. The zero-order valence-corrected chi connectivity index (χ0v) is 10.7. The van der Waals surface area contributed by atoms with Crippen molar-refractivity contribution in [2.45, 2.75) is 17.9 Å². The third-order valence-corrected chi connectivity index (χ3v) is 4.26. The minimum atomic E-state index is -3.92. The van der Waals surface area contributed by atoms with E-state index in [4.69, 9.17) is 9.84 Å². The molecule has 1 aromatic carbocycles. The fourth-order valence-electron chi connectivity index (χ4n) is 1.34. The van der Waals surface area contributed by atoms with Crippen LogP contribution in [0.1, 0.15) is 17.3 Å². The molecule has 0 spiro atoms. The molecule has 0 amide bonds. The van der Waals surface area contributed by atoms with Gasteiger partial charge in [-0.15, -0.1) is 0 Å². The zero-order valence-electron chi connectivity index (χ0n) is 9.88. The first-order chi connectivity index (χ1) is 8.27. The number of carboxylic acid groups (broad SMARTS) is 1. The van der Waals surface area contributed by atoms with Crippen molar-refractivity contribution in [3.8, 4) is 0 Å². The Hall–Kier alpha value is -1.47. The first kappa shape index (κ1) is 14.6. The molecular weight excluding hydrogens is 263 g/mol. The Morgan fingerprint density at radius 3 is 2.61 bits per heavy atom. The van der Waals surface area contributed by atoms with Gasteiger partial charge in [-0.1, -0.05) is 0 Å². The SMILES string of the molecule is COC(C)CS(=O)(=O)c1cc(C(=O)O)ccc1F. The van der Waals surface area contributed by atoms with Gasteiger partial charge in [-0.2, -0.15) is 0 Å². The molecule has 0 aliphatic rings. The minimum Gasteiger partial charge on any atom is -0.478 e. The van der Waals surface area contributed by atoms with Crippen LogP contribution in [0.3, 0.4) is 0 Å². The Morgan fingerprint density at radius 1 is 1.50 bits per heavy atom. The van der Waals surface area contributed by atoms with E-state index in [1.807, 2.05) is 0 Å². The molecule has 0 aliphatic heterocycles. The molecule has 0 saturated heterocycles. The maximum atomic E-state index is 13.5. The third kappa shape index (κ3) is 3.27. The fraction of sp³-hybridized carbons (Fsp3) is 0.364. The Bertz CT molecular complexity index is 553. The molecular formula is C11H13FO5S. The van der Waals surface area contributed by atoms with Crippen LogP contribution in [0.5, 0.6) is 0 Å². The molecule has 100 valence electrons. The highest BCUT2D eigenvalue weighted by molar-refractivity contribution is 7.91. The van der Waals surface area contributed by atoms with Gasteiger partial charge < -0.3 is 9.84 Å². The summed E-state index contributed by atoms with van der Waals surface area (Å²) in [4.78, 5) is 10.1. The number of methoxy groups -OCH3 is 1. The lowest BCUT2D eigenvalue weighted by atomic mass is 10.2. The van der Waals surface area contributed by atoms with Gasteiger partial charge in [0.1, 0.15) is 10.7 Å². The van der Waals surface area contributed by atoms with Crippen LogP contribution in [-0.2, 0) is 14.6 Å². The van der Waals surface area contributed by atoms with Crippen molar-refractivity contribution >= 4 is 15.8 Å². The number of carbonyl (C=O) groups is 1. The van der Waals surface area contributed by atoms with Gasteiger partial charge in [0.25, 0.3) is 0 Å². The van der Waals surface area contributed by atoms with Crippen LogP contribution in [0.2, 0.25) is 0 Å². The zero-order chi connectivity index (χ0) is 13.9. The summed E-state index contributed by atoms with van der Waals surface area (Å²) in [5.41, 5.74) is -0.278. The van der Waals surface area contributed by atoms with Crippen LogP contribution in [0, 0.1) is 5.82 Å². The third-order valence-electron chi connectivity index (χ3n) is 2.37. The lowest BCUT2D eigenvalue weighted by Crippen LogP contribution is -2.21. The molecule has 0 aromatic heterocycles. The molecule has 1 N–H and O–H groups in total. The highest BCUT2D eigenvalue weighted by atomic mass is 32.2. The van der Waals surface area contributed by atoms with Crippen LogP contribution in [0.25, 0.3) is 0 Å². The van der Waals surface area contributed by atoms with Crippen LogP contribution in [0.4, 0.5) is 4.39 Å². The maximum absolute atomic E-state index is 13.5. The molecule has 0 bridgehead atoms. The first-order valence-corrected chi connectivity index (χ1v) is 6.71. The van der Waals surface area contributed by atoms with E-state index in [9.17, 15) is 17.6 Å². The average Bonchev–Trinajstić information content (AvgIpc) is 2.28. The normalized spacial score (nSPS) is 13.3. The van der Waals surface area contributed by atoms with Crippen molar-refractivity contribution in [3.63, 3.8) is 0 Å². The van der Waals surface area contributed by atoms with Gasteiger partial charge in [0.15, 0.2) is 9.84 Å². The lowest BCUT2D eigenvalue weighted by Gasteiger charge is -2.11. The Kier molecular flexibility index (Phi) is 4.42. The number of ether oxygens (including phenoxy) is 1. The maximum Gasteiger partial charge on any atom is 0.335 e. The number of hydrogen-bond donors (Lipinski definition) is 1. The van der Waals surface area contributed by atoms with Crippen molar-refractivity contribution in [3.05, 3.63) is 29.6 Å². The highest BCUT2D eigenvalue weighted by Crippen LogP contribution is 2.19. The fourth-order valence-corrected chi connectivity index (χ4v) is 2.95. The number of sulfone groups is 1. The smallest absolute Gasteiger partial charge is 0.335 e. The number of carboxylic acids is 1. The van der Waals surface area contributed by atoms with E-state index in [1.54, 1.807) is 0 Å². The molecule has 0 fully saturated rings. The highest BCUT2D eigenvalue weighted by Gasteiger charge is 2.23. The monoisotopic (exact) mass is 276 g/mol. The van der Waals surface area contributed by atoms with Crippen molar-refractivity contribution in [2.75, 3.05) is 12.9 Å². The topological polar surface area (TPSA) is 80.7 Å². The predicted molar refractivity (Wildman–Crippen MR) is 61.9 cm³/mol. The average molecular weight is 276 g/mol. The number of halogens is 1. The molecule has 0 aliphatic carbocycles. The molecule has 0 radical (unpaired) electrons. The van der Waals surface area contributed by atoms with Crippen molar-refractivity contribution < 1.29 is 27.4 Å². The molecule has 1 rings (SSSR count). The summed E-state index contributed by atoms with van der Waals surface area (Å²) < 4.78 is 42.0.